The molecule has 4 aromatic rings. The van der Waals surface area contributed by atoms with Crippen molar-refractivity contribution in [3.05, 3.63) is 68.3 Å². The maximum absolute atomic E-state index is 13.4. The molecule has 0 radical (unpaired) electrons. The molecule has 0 fully saturated rings. The number of hydrogen-bond donors (Lipinski definition) is 0. The number of nitroso groups, excluding NO2 is 1. The highest BCUT2D eigenvalue weighted by Crippen LogP contribution is 2.32. The van der Waals surface area contributed by atoms with E-state index in [0.717, 1.165) is 22.6 Å². The molecule has 0 saturated carbocycles. The van der Waals surface area contributed by atoms with Gasteiger partial charge in [0.2, 0.25) is 0 Å². The van der Waals surface area contributed by atoms with Crippen LogP contribution in [0, 0.1) is 4.91 Å². The second kappa shape index (κ2) is 9.23. The molecule has 0 N–H and O–H groups in total. The Balaban J connectivity index is 1.74. The fraction of sp³-hybridized carbons (Fsp3) is 0.320. The second-order valence-electron chi connectivity index (χ2n) is 9.22. The summed E-state index contributed by atoms with van der Waals surface area (Å²) in [6.45, 7) is 10.3. The van der Waals surface area contributed by atoms with E-state index in [0.29, 0.717) is 15.4 Å². The molecule has 0 saturated heterocycles. The molecule has 3 heterocycles. The van der Waals surface area contributed by atoms with E-state index in [-0.39, 0.29) is 22.2 Å². The van der Waals surface area contributed by atoms with Gasteiger partial charge in [-0.25, -0.2) is 9.78 Å². The maximum Gasteiger partial charge on any atom is 0.430 e. The molecule has 0 unspecified atom stereocenters. The van der Waals surface area contributed by atoms with E-state index in [1.165, 1.54) is 22.7 Å². The third kappa shape index (κ3) is 4.45. The van der Waals surface area contributed by atoms with Gasteiger partial charge in [0.1, 0.15) is 5.75 Å². The summed E-state index contributed by atoms with van der Waals surface area (Å²) in [7, 11) is 1.65. The summed E-state index contributed by atoms with van der Waals surface area (Å²) in [5.74, 6) is 0.347. The summed E-state index contributed by atoms with van der Waals surface area (Å²) < 4.78 is 7.57. The van der Waals surface area contributed by atoms with Crippen LogP contribution in [0.15, 0.2) is 35.2 Å². The third-order valence-electron chi connectivity index (χ3n) is 5.43. The fourth-order valence-electron chi connectivity index (χ4n) is 3.69. The molecule has 0 atom stereocenters. The maximum atomic E-state index is 13.4. The van der Waals surface area contributed by atoms with Gasteiger partial charge in [-0.2, -0.15) is 0 Å². The molecule has 1 amide bonds. The van der Waals surface area contributed by atoms with Crippen molar-refractivity contribution in [2.24, 2.45) is 0 Å². The second-order valence-corrected chi connectivity index (χ2v) is 10.9. The van der Waals surface area contributed by atoms with E-state index in [1.807, 2.05) is 55.8 Å². The first-order chi connectivity index (χ1) is 16.1. The zero-order valence-corrected chi connectivity index (χ0v) is 21.7. The summed E-state index contributed by atoms with van der Waals surface area (Å²) >= 11 is 2.57. The fourth-order valence-corrected chi connectivity index (χ4v) is 5.36. The molecule has 0 spiro atoms. The summed E-state index contributed by atoms with van der Waals surface area (Å²) in [6, 6.07) is 5.86. The van der Waals surface area contributed by atoms with Crippen LogP contribution in [0.2, 0.25) is 0 Å². The van der Waals surface area contributed by atoms with Gasteiger partial charge in [-0.3, -0.25) is 4.40 Å². The average molecular weight is 496 g/mol. The Morgan fingerprint density at radius 1 is 1.18 bits per heavy atom. The van der Waals surface area contributed by atoms with Gasteiger partial charge in [0.25, 0.3) is 0 Å². The lowest BCUT2D eigenvalue weighted by molar-refractivity contribution is -0.358. The Kier molecular flexibility index (Phi) is 6.51. The van der Waals surface area contributed by atoms with E-state index in [1.54, 1.807) is 23.8 Å². The number of thiazole rings is 2. The van der Waals surface area contributed by atoms with Crippen molar-refractivity contribution in [1.82, 2.24) is 14.4 Å². The van der Waals surface area contributed by atoms with E-state index in [4.69, 9.17) is 4.74 Å². The largest absolute Gasteiger partial charge is 0.496 e. The minimum atomic E-state index is -0.699. The topological polar surface area (TPSA) is 76.6 Å². The summed E-state index contributed by atoms with van der Waals surface area (Å²) in [5, 5.41) is 3.77. The quantitative estimate of drug-likeness (QED) is 0.278. The highest BCUT2D eigenvalue weighted by molar-refractivity contribution is 7.15. The number of ether oxygens (including phenoxy) is 1. The van der Waals surface area contributed by atoms with Crippen LogP contribution in [0.3, 0.4) is 0 Å². The highest BCUT2D eigenvalue weighted by atomic mass is 32.1. The molecular formula is C25H27N4O3S2+. The van der Waals surface area contributed by atoms with Crippen molar-refractivity contribution in [3.63, 3.8) is 0 Å². The highest BCUT2D eigenvalue weighted by Gasteiger charge is 2.34. The number of benzene rings is 1. The molecule has 0 aliphatic rings. The van der Waals surface area contributed by atoms with Crippen LogP contribution < -0.4 is 4.74 Å². The van der Waals surface area contributed by atoms with Crippen molar-refractivity contribution in [3.8, 4) is 5.75 Å². The number of carbonyl (C=O) groups excluding carboxylic acids is 1. The zero-order valence-electron chi connectivity index (χ0n) is 20.0. The van der Waals surface area contributed by atoms with Gasteiger partial charge in [-0.05, 0) is 39.9 Å². The first kappa shape index (κ1) is 24.0. The molecule has 34 heavy (non-hydrogen) atoms. The minimum Gasteiger partial charge on any atom is -0.496 e. The molecule has 0 aliphatic carbocycles. The van der Waals surface area contributed by atoms with E-state index < -0.39 is 5.91 Å². The van der Waals surface area contributed by atoms with Gasteiger partial charge in [0, 0.05) is 27.9 Å². The summed E-state index contributed by atoms with van der Waals surface area (Å²) in [4.78, 5) is 36.0. The summed E-state index contributed by atoms with van der Waals surface area (Å²) in [6.07, 6.45) is 5.44. The Morgan fingerprint density at radius 2 is 1.94 bits per heavy atom. The van der Waals surface area contributed by atoms with Gasteiger partial charge >= 0.3 is 11.0 Å². The molecule has 9 heteroatoms. The van der Waals surface area contributed by atoms with Crippen LogP contribution in [0.4, 0.5) is 5.13 Å². The number of fused-ring (bicyclic) bond motifs is 1. The Bertz CT molecular complexity index is 1400. The number of nitrogens with zero attached hydrogens (tertiary/aromatic N) is 4. The van der Waals surface area contributed by atoms with Crippen LogP contribution in [0.25, 0.3) is 17.1 Å². The smallest absolute Gasteiger partial charge is 0.430 e. The zero-order chi connectivity index (χ0) is 24.6. The predicted molar refractivity (Wildman–Crippen MR) is 138 cm³/mol. The number of carbonyl (C=O) groups is 1. The Labute approximate surface area is 206 Å². The van der Waals surface area contributed by atoms with Crippen LogP contribution in [0.5, 0.6) is 5.75 Å². The third-order valence-corrected chi connectivity index (χ3v) is 6.99. The number of hydrogen-bond acceptors (Lipinski definition) is 7. The first-order valence-corrected chi connectivity index (χ1v) is 12.7. The van der Waals surface area contributed by atoms with E-state index >= 15 is 0 Å². The standard InChI is InChI=1S/C25H27N4O3S2/c1-15(2)20-16(8-7-9-18(20)32-6)10-11-17-21(28-12-13-33-23(28)26-17)22(30)29(31)24-27-19(14-34-24)25(3,4)5/h7-15H,1-6H3/q+1. The lowest BCUT2D eigenvalue weighted by Crippen LogP contribution is -2.17. The number of amides is 1. The Hall–Kier alpha value is -3.17. The molecule has 4 rings (SSSR count). The molecule has 3 aromatic heterocycles. The van der Waals surface area contributed by atoms with Gasteiger partial charge in [-0.1, -0.05) is 57.7 Å². The van der Waals surface area contributed by atoms with Crippen LogP contribution in [-0.2, 0) is 5.41 Å². The van der Waals surface area contributed by atoms with Crippen LogP contribution in [-0.4, -0.2) is 32.1 Å². The van der Waals surface area contributed by atoms with Gasteiger partial charge in [-0.15, -0.1) is 11.3 Å². The van der Waals surface area contributed by atoms with E-state index in [2.05, 4.69) is 23.8 Å². The van der Waals surface area contributed by atoms with Gasteiger partial charge in [0.05, 0.1) is 17.6 Å². The molecule has 1 aromatic carbocycles. The molecule has 0 aliphatic heterocycles. The molecular weight excluding hydrogens is 468 g/mol. The van der Waals surface area contributed by atoms with Crippen molar-refractivity contribution >= 4 is 50.8 Å². The van der Waals surface area contributed by atoms with Crippen molar-refractivity contribution in [1.29, 1.82) is 0 Å². The molecule has 7 nitrogen and oxygen atoms in total. The van der Waals surface area contributed by atoms with Gasteiger partial charge in [0.15, 0.2) is 16.3 Å². The number of aromatic nitrogens is 3. The number of methoxy groups -OCH3 is 1. The lowest BCUT2D eigenvalue weighted by Gasteiger charge is -2.14. The van der Waals surface area contributed by atoms with E-state index in [9.17, 15) is 9.70 Å². The van der Waals surface area contributed by atoms with Crippen LogP contribution >= 0.6 is 22.7 Å². The Morgan fingerprint density at radius 3 is 2.59 bits per heavy atom. The van der Waals surface area contributed by atoms with Crippen molar-refractivity contribution < 1.29 is 14.3 Å². The van der Waals surface area contributed by atoms with Crippen LogP contribution in [0.1, 0.15) is 73.5 Å². The lowest BCUT2D eigenvalue weighted by atomic mass is 9.93. The number of rotatable bonds is 6. The molecule has 176 valence electrons. The summed E-state index contributed by atoms with van der Waals surface area (Å²) in [5.41, 5.74) is 3.24. The number of imidazole rings is 1. The normalized spacial score (nSPS) is 12.2. The predicted octanol–water partition coefficient (Wildman–Crippen LogP) is 6.70. The monoisotopic (exact) mass is 495 g/mol. The molecule has 0 bridgehead atoms. The van der Waals surface area contributed by atoms with Gasteiger partial charge < -0.3 is 4.74 Å². The SMILES string of the molecule is COc1cccc(C=Cc2nc3sccn3c2C(=O)[N+](=O)c2nc(C(C)(C)C)cs2)c1C(C)C. The van der Waals surface area contributed by atoms with Crippen molar-refractivity contribution in [2.75, 3.05) is 7.11 Å². The average Bonchev–Trinajstić information content (AvgIpc) is 3.51. The van der Waals surface area contributed by atoms with Crippen molar-refractivity contribution in [2.45, 2.75) is 46.0 Å². The first-order valence-electron chi connectivity index (χ1n) is 10.9. The minimum absolute atomic E-state index is 0.116.